The van der Waals surface area contributed by atoms with E-state index in [-0.39, 0.29) is 6.35 Å². The highest BCUT2D eigenvalue weighted by atomic mass is 31.2. The monoisotopic (exact) mass is 286 g/mol. The van der Waals surface area contributed by atoms with Gasteiger partial charge in [-0.25, -0.2) is 0 Å². The van der Waals surface area contributed by atoms with Crippen LogP contribution in [-0.4, -0.2) is 42.6 Å². The van der Waals surface area contributed by atoms with Crippen molar-refractivity contribution in [2.75, 3.05) is 33.8 Å². The molecule has 0 aromatic heterocycles. The van der Waals surface area contributed by atoms with E-state index in [9.17, 15) is 4.57 Å². The van der Waals surface area contributed by atoms with E-state index in [0.29, 0.717) is 19.3 Å². The fourth-order valence-electron chi connectivity index (χ4n) is 1.27. The third-order valence-corrected chi connectivity index (χ3v) is 6.83. The van der Waals surface area contributed by atoms with E-state index in [1.807, 2.05) is 6.92 Å². The van der Waals surface area contributed by atoms with Crippen LogP contribution in [-0.2, 0) is 26.9 Å². The predicted octanol–water partition coefficient (Wildman–Crippen LogP) is 2.48. The molecular formula is C9H23O6PSi. The molecular weight excluding hydrogens is 263 g/mol. The zero-order valence-corrected chi connectivity index (χ0v) is 13.1. The van der Waals surface area contributed by atoms with Crippen LogP contribution in [0.5, 0.6) is 0 Å². The first-order valence-electron chi connectivity index (χ1n) is 5.63. The normalized spacial score (nSPS) is 13.0. The van der Waals surface area contributed by atoms with E-state index >= 15 is 0 Å². The lowest BCUT2D eigenvalue weighted by molar-refractivity contribution is 0.103. The smallest absolute Gasteiger partial charge is 0.377 e. The standard InChI is InChI=1S/C9H23O6PSi/c1-6-13-16(10,14-7-2)9-15-17(8-3,11-4)12-5/h6-9H2,1-5H3. The Morgan fingerprint density at radius 1 is 1.00 bits per heavy atom. The molecule has 0 N–H and O–H groups in total. The molecule has 0 heterocycles. The quantitative estimate of drug-likeness (QED) is 0.454. The molecule has 0 aromatic rings. The summed E-state index contributed by atoms with van der Waals surface area (Å²) < 4.78 is 38.4. The van der Waals surface area contributed by atoms with Crippen LogP contribution in [0, 0.1) is 0 Å². The minimum Gasteiger partial charge on any atom is -0.377 e. The fraction of sp³-hybridized carbons (Fsp3) is 1.00. The molecule has 0 atom stereocenters. The summed E-state index contributed by atoms with van der Waals surface area (Å²) in [5.41, 5.74) is 0. The van der Waals surface area contributed by atoms with Gasteiger partial charge in [0.2, 0.25) is 0 Å². The Balaban J connectivity index is 4.52. The largest absolute Gasteiger partial charge is 0.500 e. The molecule has 0 aliphatic carbocycles. The second-order valence-electron chi connectivity index (χ2n) is 3.16. The topological polar surface area (TPSA) is 63.2 Å². The summed E-state index contributed by atoms with van der Waals surface area (Å²) in [4.78, 5) is 0. The van der Waals surface area contributed by atoms with Gasteiger partial charge >= 0.3 is 16.4 Å². The maximum atomic E-state index is 12.1. The lowest BCUT2D eigenvalue weighted by Crippen LogP contribution is -2.43. The Morgan fingerprint density at radius 3 is 1.76 bits per heavy atom. The average Bonchev–Trinajstić information content (AvgIpc) is 2.32. The first kappa shape index (κ1) is 17.2. The summed E-state index contributed by atoms with van der Waals surface area (Å²) in [5.74, 6) is 0. The highest BCUT2D eigenvalue weighted by Crippen LogP contribution is 2.48. The predicted molar refractivity (Wildman–Crippen MR) is 67.1 cm³/mol. The summed E-state index contributed by atoms with van der Waals surface area (Å²) in [7, 11) is -2.88. The van der Waals surface area contributed by atoms with Gasteiger partial charge in [-0.1, -0.05) is 6.92 Å². The molecule has 0 aromatic carbocycles. The SMILES string of the molecule is CCOP(=O)(CO[Si](CC)(OC)OC)OCC. The van der Waals surface area contributed by atoms with Crippen molar-refractivity contribution in [1.29, 1.82) is 0 Å². The molecule has 0 spiro atoms. The van der Waals surface area contributed by atoms with Crippen LogP contribution in [0.25, 0.3) is 0 Å². The van der Waals surface area contributed by atoms with Crippen molar-refractivity contribution in [2.45, 2.75) is 26.8 Å². The first-order valence-corrected chi connectivity index (χ1v) is 9.29. The van der Waals surface area contributed by atoms with Crippen molar-refractivity contribution in [3.8, 4) is 0 Å². The molecule has 6 nitrogen and oxygen atoms in total. The van der Waals surface area contributed by atoms with Gasteiger partial charge in [0.05, 0.1) is 13.2 Å². The number of hydrogen-bond donors (Lipinski definition) is 0. The second kappa shape index (κ2) is 8.37. The Hall–Kier alpha value is 0.247. The molecule has 0 fully saturated rings. The van der Waals surface area contributed by atoms with Crippen LogP contribution in [0.4, 0.5) is 0 Å². The van der Waals surface area contributed by atoms with Gasteiger partial charge in [-0.3, -0.25) is 4.57 Å². The van der Waals surface area contributed by atoms with E-state index in [1.54, 1.807) is 13.8 Å². The minimum atomic E-state index is -3.20. The Labute approximate surface area is 104 Å². The Morgan fingerprint density at radius 2 is 1.47 bits per heavy atom. The van der Waals surface area contributed by atoms with Gasteiger partial charge in [-0.2, -0.15) is 0 Å². The fourth-order valence-corrected chi connectivity index (χ4v) is 4.89. The van der Waals surface area contributed by atoms with Crippen molar-refractivity contribution >= 4 is 16.4 Å². The molecule has 0 unspecified atom stereocenters. The van der Waals surface area contributed by atoms with E-state index in [0.717, 1.165) is 0 Å². The zero-order valence-electron chi connectivity index (χ0n) is 11.2. The van der Waals surface area contributed by atoms with Crippen LogP contribution >= 0.6 is 7.60 Å². The maximum absolute atomic E-state index is 12.1. The Kier molecular flexibility index (Phi) is 8.49. The van der Waals surface area contributed by atoms with Gasteiger partial charge in [0.25, 0.3) is 0 Å². The van der Waals surface area contributed by atoms with Crippen molar-refractivity contribution in [2.24, 2.45) is 0 Å². The summed E-state index contributed by atoms with van der Waals surface area (Å²) >= 11 is 0. The highest BCUT2D eigenvalue weighted by Gasteiger charge is 2.40. The molecule has 0 aliphatic rings. The van der Waals surface area contributed by atoms with Crippen molar-refractivity contribution in [3.05, 3.63) is 0 Å². The summed E-state index contributed by atoms with van der Waals surface area (Å²) in [6, 6.07) is 0.595. The third-order valence-electron chi connectivity index (χ3n) is 2.15. The van der Waals surface area contributed by atoms with Gasteiger partial charge in [0.1, 0.15) is 6.35 Å². The highest BCUT2D eigenvalue weighted by molar-refractivity contribution is 7.53. The Bertz CT molecular complexity index is 227. The lowest BCUT2D eigenvalue weighted by atomic mass is 10.9. The van der Waals surface area contributed by atoms with Crippen molar-refractivity contribution in [1.82, 2.24) is 0 Å². The minimum absolute atomic E-state index is 0.142. The van der Waals surface area contributed by atoms with Crippen molar-refractivity contribution < 1.29 is 26.9 Å². The van der Waals surface area contributed by atoms with E-state index in [2.05, 4.69) is 0 Å². The maximum Gasteiger partial charge on any atom is 0.500 e. The third kappa shape index (κ3) is 5.61. The van der Waals surface area contributed by atoms with Gasteiger partial charge < -0.3 is 22.3 Å². The molecule has 0 radical (unpaired) electrons. The lowest BCUT2D eigenvalue weighted by Gasteiger charge is -2.27. The van der Waals surface area contributed by atoms with Crippen LogP contribution < -0.4 is 0 Å². The zero-order chi connectivity index (χ0) is 13.4. The molecule has 0 aliphatic heterocycles. The van der Waals surface area contributed by atoms with Crippen LogP contribution in [0.2, 0.25) is 6.04 Å². The van der Waals surface area contributed by atoms with Gasteiger partial charge in [0.15, 0.2) is 0 Å². The van der Waals surface area contributed by atoms with Crippen LogP contribution in [0.3, 0.4) is 0 Å². The molecule has 0 rings (SSSR count). The summed E-state index contributed by atoms with van der Waals surface area (Å²) in [6.07, 6.45) is -0.142. The first-order chi connectivity index (χ1) is 8.01. The number of rotatable bonds is 10. The van der Waals surface area contributed by atoms with Crippen LogP contribution in [0.15, 0.2) is 0 Å². The molecule has 104 valence electrons. The van der Waals surface area contributed by atoms with E-state index in [1.165, 1.54) is 14.2 Å². The molecule has 17 heavy (non-hydrogen) atoms. The van der Waals surface area contributed by atoms with Gasteiger partial charge in [0, 0.05) is 20.3 Å². The molecule has 0 saturated heterocycles. The average molecular weight is 286 g/mol. The molecule has 8 heteroatoms. The summed E-state index contributed by atoms with van der Waals surface area (Å²) in [6.45, 7) is 6.01. The number of hydrogen-bond acceptors (Lipinski definition) is 6. The van der Waals surface area contributed by atoms with E-state index < -0.39 is 16.4 Å². The molecule has 0 saturated carbocycles. The summed E-state index contributed by atoms with van der Waals surface area (Å²) in [5, 5.41) is 0. The van der Waals surface area contributed by atoms with Gasteiger partial charge in [-0.15, -0.1) is 0 Å². The molecule has 0 amide bonds. The molecule has 0 bridgehead atoms. The second-order valence-corrected chi connectivity index (χ2v) is 8.34. The van der Waals surface area contributed by atoms with Gasteiger partial charge in [-0.05, 0) is 13.8 Å². The van der Waals surface area contributed by atoms with Crippen LogP contribution in [0.1, 0.15) is 20.8 Å². The van der Waals surface area contributed by atoms with E-state index in [4.69, 9.17) is 22.3 Å². The van der Waals surface area contributed by atoms with Crippen molar-refractivity contribution in [3.63, 3.8) is 0 Å².